The van der Waals surface area contributed by atoms with Crippen LogP contribution in [0.1, 0.15) is 35.3 Å². The Labute approximate surface area is 231 Å². The molecule has 0 unspecified atom stereocenters. The highest BCUT2D eigenvalue weighted by atomic mass is 35.5. The topological polar surface area (TPSA) is 122 Å². The van der Waals surface area contributed by atoms with Crippen molar-refractivity contribution in [1.82, 2.24) is 5.43 Å². The minimum atomic E-state index is -4.78. The second-order valence-electron chi connectivity index (χ2n) is 7.80. The lowest BCUT2D eigenvalue weighted by molar-refractivity contribution is -0.385. The Morgan fingerprint density at radius 2 is 1.70 bits per heavy atom. The smallest absolute Gasteiger partial charge is 0.416 e. The standard InChI is InChI=1S/C26H23ClF3N3O7/c1-4-38-21-8-6-16(12-22(21)37-3)25(34)32-31-14-15-10-18(27)24(23(11-15)39-5-2)40-20-9-7-17(26(28,29)30)13-19(20)33(35)36/h6-14H,4-5H2,1-3H3,(H,32,34)/b31-14+. The molecule has 3 aromatic rings. The van der Waals surface area contributed by atoms with Gasteiger partial charge in [-0.25, -0.2) is 5.43 Å². The third kappa shape index (κ3) is 7.32. The number of ether oxygens (including phenoxy) is 4. The monoisotopic (exact) mass is 581 g/mol. The summed E-state index contributed by atoms with van der Waals surface area (Å²) in [5.41, 5.74) is 0.858. The molecule has 1 amide bonds. The number of nitrogens with one attached hydrogen (secondary N) is 1. The minimum Gasteiger partial charge on any atom is -0.493 e. The molecule has 1 N–H and O–H groups in total. The summed E-state index contributed by atoms with van der Waals surface area (Å²) in [7, 11) is 1.44. The number of carbonyl (C=O) groups excluding carboxylic acids is 1. The van der Waals surface area contributed by atoms with Crippen molar-refractivity contribution in [2.24, 2.45) is 5.10 Å². The molecule has 40 heavy (non-hydrogen) atoms. The molecule has 0 aliphatic carbocycles. The summed E-state index contributed by atoms with van der Waals surface area (Å²) in [6, 6.07) is 9.26. The molecule has 0 aromatic heterocycles. The van der Waals surface area contributed by atoms with Gasteiger partial charge in [-0.05, 0) is 61.9 Å². The molecule has 0 aliphatic rings. The van der Waals surface area contributed by atoms with Crippen molar-refractivity contribution in [3.05, 3.63) is 80.4 Å². The molecule has 3 aromatic carbocycles. The zero-order chi connectivity index (χ0) is 29.4. The number of rotatable bonds is 11. The van der Waals surface area contributed by atoms with Gasteiger partial charge in [-0.3, -0.25) is 14.9 Å². The van der Waals surface area contributed by atoms with Gasteiger partial charge in [-0.2, -0.15) is 18.3 Å². The molecule has 0 radical (unpaired) electrons. The van der Waals surface area contributed by atoms with Gasteiger partial charge >= 0.3 is 11.9 Å². The van der Waals surface area contributed by atoms with Crippen molar-refractivity contribution in [3.8, 4) is 28.7 Å². The summed E-state index contributed by atoms with van der Waals surface area (Å²) in [4.78, 5) is 23.0. The highest BCUT2D eigenvalue weighted by Crippen LogP contribution is 2.43. The highest BCUT2D eigenvalue weighted by Gasteiger charge is 2.33. The fourth-order valence-electron chi connectivity index (χ4n) is 3.37. The first kappa shape index (κ1) is 30.0. The van der Waals surface area contributed by atoms with Crippen LogP contribution in [0.2, 0.25) is 5.02 Å². The number of carbonyl (C=O) groups is 1. The van der Waals surface area contributed by atoms with Crippen molar-refractivity contribution in [2.75, 3.05) is 20.3 Å². The molecule has 0 spiro atoms. The molecule has 0 saturated heterocycles. The molecule has 0 saturated carbocycles. The van der Waals surface area contributed by atoms with Crippen LogP contribution in [-0.4, -0.2) is 37.4 Å². The van der Waals surface area contributed by atoms with Crippen molar-refractivity contribution in [2.45, 2.75) is 20.0 Å². The van der Waals surface area contributed by atoms with Crippen LogP contribution in [0.4, 0.5) is 18.9 Å². The van der Waals surface area contributed by atoms with E-state index in [0.717, 1.165) is 6.07 Å². The van der Waals surface area contributed by atoms with Gasteiger partial charge in [-0.15, -0.1) is 0 Å². The number of amides is 1. The van der Waals surface area contributed by atoms with Gasteiger partial charge in [0.1, 0.15) is 0 Å². The predicted octanol–water partition coefficient (Wildman–Crippen LogP) is 6.63. The van der Waals surface area contributed by atoms with Crippen molar-refractivity contribution < 1.29 is 41.8 Å². The largest absolute Gasteiger partial charge is 0.493 e. The lowest BCUT2D eigenvalue weighted by Gasteiger charge is -2.15. The van der Waals surface area contributed by atoms with Gasteiger partial charge in [0.15, 0.2) is 23.0 Å². The van der Waals surface area contributed by atoms with E-state index in [1.807, 2.05) is 6.92 Å². The van der Waals surface area contributed by atoms with Gasteiger partial charge < -0.3 is 18.9 Å². The van der Waals surface area contributed by atoms with Crippen LogP contribution in [0.3, 0.4) is 0 Å². The van der Waals surface area contributed by atoms with E-state index in [-0.39, 0.29) is 28.7 Å². The van der Waals surface area contributed by atoms with Gasteiger partial charge in [0.05, 0.1) is 42.0 Å². The summed E-state index contributed by atoms with van der Waals surface area (Å²) < 4.78 is 60.9. The predicted molar refractivity (Wildman–Crippen MR) is 140 cm³/mol. The Bertz CT molecular complexity index is 1430. The Kier molecular flexibility index (Phi) is 9.78. The van der Waals surface area contributed by atoms with Gasteiger partial charge in [0, 0.05) is 11.6 Å². The first-order valence-corrected chi connectivity index (χ1v) is 12.0. The molecule has 10 nitrogen and oxygen atoms in total. The van der Waals surface area contributed by atoms with E-state index in [1.165, 1.54) is 37.6 Å². The molecule has 0 atom stereocenters. The maximum absolute atomic E-state index is 13.0. The van der Waals surface area contributed by atoms with E-state index < -0.39 is 34.0 Å². The van der Waals surface area contributed by atoms with E-state index in [0.29, 0.717) is 35.8 Å². The zero-order valence-corrected chi connectivity index (χ0v) is 22.1. The van der Waals surface area contributed by atoms with Gasteiger partial charge in [0.2, 0.25) is 5.75 Å². The second kappa shape index (κ2) is 13.0. The van der Waals surface area contributed by atoms with Crippen LogP contribution < -0.4 is 24.4 Å². The first-order valence-electron chi connectivity index (χ1n) is 11.6. The van der Waals surface area contributed by atoms with E-state index in [2.05, 4.69) is 10.5 Å². The average molecular weight is 582 g/mol. The Morgan fingerprint density at radius 1 is 1.02 bits per heavy atom. The molecule has 3 rings (SSSR count). The number of methoxy groups -OCH3 is 1. The number of nitrogens with zero attached hydrogens (tertiary/aromatic N) is 2. The maximum atomic E-state index is 13.0. The Balaban J connectivity index is 1.84. The number of hydrogen-bond acceptors (Lipinski definition) is 8. The van der Waals surface area contributed by atoms with Crippen LogP contribution in [0, 0.1) is 10.1 Å². The summed E-state index contributed by atoms with van der Waals surface area (Å²) in [6.45, 7) is 4.03. The fourth-order valence-corrected chi connectivity index (χ4v) is 3.63. The van der Waals surface area contributed by atoms with Crippen LogP contribution in [0.5, 0.6) is 28.7 Å². The maximum Gasteiger partial charge on any atom is 0.416 e. The minimum absolute atomic E-state index is 0.0354. The lowest BCUT2D eigenvalue weighted by atomic mass is 10.1. The number of nitro benzene ring substituents is 1. The quantitative estimate of drug-likeness (QED) is 0.153. The lowest BCUT2D eigenvalue weighted by Crippen LogP contribution is -2.17. The molecule has 0 fully saturated rings. The van der Waals surface area contributed by atoms with Crippen LogP contribution >= 0.6 is 11.6 Å². The van der Waals surface area contributed by atoms with E-state index in [4.69, 9.17) is 30.5 Å². The molecule has 14 heteroatoms. The Hall–Kier alpha value is -4.52. The van der Waals surface area contributed by atoms with Crippen LogP contribution in [-0.2, 0) is 6.18 Å². The van der Waals surface area contributed by atoms with E-state index >= 15 is 0 Å². The molecule has 212 valence electrons. The summed E-state index contributed by atoms with van der Waals surface area (Å²) in [5.74, 6) is -0.284. The number of nitro groups is 1. The van der Waals surface area contributed by atoms with Crippen LogP contribution in [0.15, 0.2) is 53.6 Å². The van der Waals surface area contributed by atoms with E-state index in [9.17, 15) is 28.1 Å². The number of hydrogen-bond donors (Lipinski definition) is 1. The van der Waals surface area contributed by atoms with E-state index in [1.54, 1.807) is 13.0 Å². The van der Waals surface area contributed by atoms with Crippen molar-refractivity contribution >= 4 is 29.4 Å². The van der Waals surface area contributed by atoms with Crippen molar-refractivity contribution in [3.63, 3.8) is 0 Å². The van der Waals surface area contributed by atoms with Gasteiger partial charge in [-0.1, -0.05) is 11.6 Å². The SMILES string of the molecule is CCOc1ccc(C(=O)N/N=C/c2cc(Cl)c(Oc3ccc(C(F)(F)F)cc3[N+](=O)[O-])c(OCC)c2)cc1OC. The number of hydrazone groups is 1. The summed E-state index contributed by atoms with van der Waals surface area (Å²) in [6.07, 6.45) is -3.52. The number of alkyl halides is 3. The second-order valence-corrected chi connectivity index (χ2v) is 8.21. The van der Waals surface area contributed by atoms with Gasteiger partial charge in [0.25, 0.3) is 5.91 Å². The average Bonchev–Trinajstić information content (AvgIpc) is 2.90. The third-order valence-corrected chi connectivity index (χ3v) is 5.41. The number of halogens is 4. The first-order chi connectivity index (χ1) is 19.0. The molecular formula is C26H23ClF3N3O7. The normalized spacial score (nSPS) is 11.3. The molecular weight excluding hydrogens is 559 g/mol. The molecule has 0 aliphatic heterocycles. The summed E-state index contributed by atoms with van der Waals surface area (Å²) >= 11 is 6.34. The molecule has 0 heterocycles. The third-order valence-electron chi connectivity index (χ3n) is 5.13. The zero-order valence-electron chi connectivity index (χ0n) is 21.4. The van der Waals surface area contributed by atoms with Crippen LogP contribution in [0.25, 0.3) is 0 Å². The summed E-state index contributed by atoms with van der Waals surface area (Å²) in [5, 5.41) is 15.3. The molecule has 0 bridgehead atoms. The van der Waals surface area contributed by atoms with Crippen molar-refractivity contribution in [1.29, 1.82) is 0 Å². The number of benzene rings is 3. The highest BCUT2D eigenvalue weighted by molar-refractivity contribution is 6.32. The fraction of sp³-hybridized carbons (Fsp3) is 0.231. The Morgan fingerprint density at radius 3 is 2.33 bits per heavy atom.